The summed E-state index contributed by atoms with van der Waals surface area (Å²) in [4.78, 5) is 59.4. The molecule has 0 aliphatic rings. The van der Waals surface area contributed by atoms with Crippen molar-refractivity contribution >= 4 is 41.4 Å². The molecule has 0 aromatic heterocycles. The highest BCUT2D eigenvalue weighted by Gasteiger charge is 2.31. The molecule has 0 aromatic carbocycles. The molecule has 12 heteroatoms. The van der Waals surface area contributed by atoms with E-state index in [4.69, 9.17) is 15.9 Å². The van der Waals surface area contributed by atoms with Crippen LogP contribution in [0.5, 0.6) is 0 Å². The van der Waals surface area contributed by atoms with Crippen LogP contribution >= 0.6 is 11.8 Å². The van der Waals surface area contributed by atoms with Crippen LogP contribution in [0.25, 0.3) is 0 Å². The van der Waals surface area contributed by atoms with Crippen LogP contribution < -0.4 is 21.7 Å². The molecular weight excluding hydrogens is 428 g/mol. The molecule has 0 fully saturated rings. The highest BCUT2D eigenvalue weighted by molar-refractivity contribution is 7.98. The lowest BCUT2D eigenvalue weighted by atomic mass is 9.97. The first kappa shape index (κ1) is 28.7. The minimum atomic E-state index is -1.21. The first-order valence-corrected chi connectivity index (χ1v) is 11.4. The number of hydrogen-bond acceptors (Lipinski definition) is 7. The molecule has 5 unspecified atom stereocenters. The van der Waals surface area contributed by atoms with Crippen LogP contribution in [0.3, 0.4) is 0 Å². The predicted molar refractivity (Wildman–Crippen MR) is 116 cm³/mol. The third-order valence-corrected chi connectivity index (χ3v) is 5.42. The van der Waals surface area contributed by atoms with Gasteiger partial charge in [0.05, 0.1) is 6.04 Å². The maximum absolute atomic E-state index is 12.9. The Kier molecular flexibility index (Phi) is 13.5. The van der Waals surface area contributed by atoms with E-state index in [-0.39, 0.29) is 25.2 Å². The fraction of sp³-hybridized carbons (Fsp3) is 0.737. The minimum absolute atomic E-state index is 0.0815. The van der Waals surface area contributed by atoms with Crippen molar-refractivity contribution < 1.29 is 34.2 Å². The van der Waals surface area contributed by atoms with Crippen molar-refractivity contribution in [2.75, 3.05) is 12.0 Å². The third-order valence-electron chi connectivity index (χ3n) is 4.77. The molecule has 0 bridgehead atoms. The topological polar surface area (TPSA) is 188 Å². The highest BCUT2D eigenvalue weighted by atomic mass is 32.2. The van der Waals surface area contributed by atoms with Crippen LogP contribution in [0.15, 0.2) is 0 Å². The van der Waals surface area contributed by atoms with Gasteiger partial charge in [-0.2, -0.15) is 11.8 Å². The molecular formula is C19H34N4O7S. The number of aliphatic carboxylic acids is 2. The first-order valence-electron chi connectivity index (χ1n) is 10.0. The largest absolute Gasteiger partial charge is 0.481 e. The lowest BCUT2D eigenvalue weighted by Crippen LogP contribution is -2.58. The molecule has 5 atom stereocenters. The van der Waals surface area contributed by atoms with E-state index < -0.39 is 53.8 Å². The van der Waals surface area contributed by atoms with Gasteiger partial charge in [0.2, 0.25) is 17.7 Å². The molecule has 178 valence electrons. The highest BCUT2D eigenvalue weighted by Crippen LogP contribution is 2.10. The molecule has 3 amide bonds. The Morgan fingerprint density at radius 1 is 0.935 bits per heavy atom. The van der Waals surface area contributed by atoms with Crippen LogP contribution in [-0.2, 0) is 24.0 Å². The maximum atomic E-state index is 12.9. The summed E-state index contributed by atoms with van der Waals surface area (Å²) >= 11 is 1.46. The number of nitrogens with one attached hydrogen (secondary N) is 3. The minimum Gasteiger partial charge on any atom is -0.481 e. The second-order valence-electron chi connectivity index (χ2n) is 7.32. The SMILES string of the molecule is CCC(C)C(NC(=O)C(N)CCC(=O)O)C(=O)NC(CCSC)C(=O)NC(C)C(=O)O. The molecule has 0 rings (SSSR count). The van der Waals surface area contributed by atoms with E-state index in [1.54, 1.807) is 6.92 Å². The van der Waals surface area contributed by atoms with Gasteiger partial charge in [0.25, 0.3) is 0 Å². The van der Waals surface area contributed by atoms with E-state index in [1.807, 2.05) is 13.2 Å². The third kappa shape index (κ3) is 11.0. The fourth-order valence-electron chi connectivity index (χ4n) is 2.51. The van der Waals surface area contributed by atoms with Gasteiger partial charge in [-0.05, 0) is 37.7 Å². The lowest BCUT2D eigenvalue weighted by Gasteiger charge is -2.27. The second kappa shape index (κ2) is 14.6. The number of hydrogen-bond donors (Lipinski definition) is 6. The van der Waals surface area contributed by atoms with Crippen molar-refractivity contribution in [3.63, 3.8) is 0 Å². The van der Waals surface area contributed by atoms with Gasteiger partial charge in [-0.1, -0.05) is 20.3 Å². The standard InChI is InChI=1S/C19H34N4O7S/c1-5-10(2)15(23-16(26)12(20)6-7-14(24)25)18(28)22-13(8-9-31-4)17(27)21-11(3)19(29)30/h10-13,15H,5-9,20H2,1-4H3,(H,21,27)(H,22,28)(H,23,26)(H,24,25)(H,29,30). The molecule has 0 saturated heterocycles. The summed E-state index contributed by atoms with van der Waals surface area (Å²) in [5.74, 6) is -3.94. The summed E-state index contributed by atoms with van der Waals surface area (Å²) < 4.78 is 0. The zero-order valence-electron chi connectivity index (χ0n) is 18.3. The van der Waals surface area contributed by atoms with Crippen molar-refractivity contribution in [2.45, 2.75) is 70.6 Å². The van der Waals surface area contributed by atoms with E-state index in [0.717, 1.165) is 0 Å². The van der Waals surface area contributed by atoms with Crippen LogP contribution in [-0.4, -0.2) is 76.0 Å². The summed E-state index contributed by atoms with van der Waals surface area (Å²) in [6, 6.07) is -4.19. The van der Waals surface area contributed by atoms with Crippen molar-refractivity contribution in [2.24, 2.45) is 11.7 Å². The molecule has 11 nitrogen and oxygen atoms in total. The summed E-state index contributed by atoms with van der Waals surface area (Å²) in [5.41, 5.74) is 5.72. The Hall–Kier alpha value is -2.34. The van der Waals surface area contributed by atoms with Gasteiger partial charge in [0.15, 0.2) is 0 Å². The van der Waals surface area contributed by atoms with E-state index in [0.29, 0.717) is 12.2 Å². The van der Waals surface area contributed by atoms with Gasteiger partial charge in [-0.3, -0.25) is 24.0 Å². The van der Waals surface area contributed by atoms with E-state index >= 15 is 0 Å². The number of carbonyl (C=O) groups excluding carboxylic acids is 3. The van der Waals surface area contributed by atoms with Crippen molar-refractivity contribution in [1.82, 2.24) is 16.0 Å². The molecule has 0 aromatic rings. The predicted octanol–water partition coefficient (Wildman–Crippen LogP) is -0.463. The molecule has 0 spiro atoms. The van der Waals surface area contributed by atoms with Gasteiger partial charge in [-0.15, -0.1) is 0 Å². The quantitative estimate of drug-likeness (QED) is 0.187. The zero-order valence-corrected chi connectivity index (χ0v) is 19.2. The molecule has 0 heterocycles. The normalized spacial score (nSPS) is 15.6. The summed E-state index contributed by atoms with van der Waals surface area (Å²) in [5, 5.41) is 25.2. The lowest BCUT2D eigenvalue weighted by molar-refractivity contribution is -0.142. The van der Waals surface area contributed by atoms with Crippen LogP contribution in [0.2, 0.25) is 0 Å². The van der Waals surface area contributed by atoms with E-state index in [2.05, 4.69) is 16.0 Å². The van der Waals surface area contributed by atoms with E-state index in [9.17, 15) is 24.0 Å². The monoisotopic (exact) mass is 462 g/mol. The molecule has 0 saturated carbocycles. The zero-order chi connectivity index (χ0) is 24.1. The molecule has 31 heavy (non-hydrogen) atoms. The van der Waals surface area contributed by atoms with Crippen molar-refractivity contribution in [3.8, 4) is 0 Å². The van der Waals surface area contributed by atoms with Crippen LogP contribution in [0, 0.1) is 5.92 Å². The van der Waals surface area contributed by atoms with Crippen LogP contribution in [0.1, 0.15) is 46.5 Å². The number of carbonyl (C=O) groups is 5. The molecule has 0 aliphatic carbocycles. The van der Waals surface area contributed by atoms with Crippen LogP contribution in [0.4, 0.5) is 0 Å². The smallest absolute Gasteiger partial charge is 0.325 e. The molecule has 0 aliphatic heterocycles. The number of carboxylic acids is 2. The number of nitrogens with two attached hydrogens (primary N) is 1. The Balaban J connectivity index is 5.32. The van der Waals surface area contributed by atoms with Gasteiger partial charge in [0, 0.05) is 6.42 Å². The first-order chi connectivity index (χ1) is 14.4. The maximum Gasteiger partial charge on any atom is 0.325 e. The Bertz CT molecular complexity index is 647. The number of carboxylic acid groups (broad SMARTS) is 2. The Morgan fingerprint density at radius 3 is 2.03 bits per heavy atom. The summed E-state index contributed by atoms with van der Waals surface area (Å²) in [7, 11) is 0. The fourth-order valence-corrected chi connectivity index (χ4v) is 2.99. The number of amides is 3. The Labute approximate surface area is 186 Å². The average Bonchev–Trinajstić information content (AvgIpc) is 2.71. The molecule has 0 radical (unpaired) electrons. The van der Waals surface area contributed by atoms with Gasteiger partial charge >= 0.3 is 11.9 Å². The van der Waals surface area contributed by atoms with Gasteiger partial charge in [-0.25, -0.2) is 0 Å². The van der Waals surface area contributed by atoms with E-state index in [1.165, 1.54) is 18.7 Å². The van der Waals surface area contributed by atoms with Gasteiger partial charge < -0.3 is 31.9 Å². The van der Waals surface area contributed by atoms with Crippen molar-refractivity contribution in [1.29, 1.82) is 0 Å². The number of thioether (sulfide) groups is 1. The average molecular weight is 463 g/mol. The van der Waals surface area contributed by atoms with Crippen molar-refractivity contribution in [3.05, 3.63) is 0 Å². The Morgan fingerprint density at radius 2 is 1.55 bits per heavy atom. The summed E-state index contributed by atoms with van der Waals surface area (Å²) in [6.07, 6.45) is 2.28. The molecule has 7 N–H and O–H groups in total. The number of rotatable bonds is 15. The summed E-state index contributed by atoms with van der Waals surface area (Å²) in [6.45, 7) is 4.89. The van der Waals surface area contributed by atoms with Gasteiger partial charge in [0.1, 0.15) is 18.1 Å². The second-order valence-corrected chi connectivity index (χ2v) is 8.31.